The number of amides is 1. The van der Waals surface area contributed by atoms with Crippen molar-refractivity contribution in [2.24, 2.45) is 0 Å². The van der Waals surface area contributed by atoms with E-state index in [4.69, 9.17) is 4.74 Å². The van der Waals surface area contributed by atoms with Gasteiger partial charge < -0.3 is 10.1 Å². The molecular weight excluding hydrogens is 496 g/mol. The number of hydrogen-bond acceptors (Lipinski definition) is 7. The molecule has 37 heavy (non-hydrogen) atoms. The Morgan fingerprint density at radius 3 is 2.27 bits per heavy atom. The summed E-state index contributed by atoms with van der Waals surface area (Å²) in [6.07, 6.45) is 2.64. The third kappa shape index (κ3) is 5.78. The zero-order chi connectivity index (χ0) is 26.6. The molecule has 1 aromatic heterocycles. The van der Waals surface area contributed by atoms with Crippen molar-refractivity contribution in [1.29, 1.82) is 0 Å². The van der Waals surface area contributed by atoms with Gasteiger partial charge in [-0.25, -0.2) is 13.2 Å². The number of piperidine rings is 1. The molecule has 3 aromatic rings. The van der Waals surface area contributed by atoms with Gasteiger partial charge in [-0.05, 0) is 63.1 Å². The molecule has 0 saturated carbocycles. The molecule has 0 radical (unpaired) electrons. The molecule has 2 aromatic carbocycles. The van der Waals surface area contributed by atoms with Crippen molar-refractivity contribution in [2.75, 3.05) is 25.0 Å². The second-order valence-electron chi connectivity index (χ2n) is 8.66. The van der Waals surface area contributed by atoms with Crippen LogP contribution in [0.25, 0.3) is 5.69 Å². The number of benzene rings is 2. The first-order valence-electron chi connectivity index (χ1n) is 12.0. The van der Waals surface area contributed by atoms with Gasteiger partial charge in [0.05, 0.1) is 22.9 Å². The van der Waals surface area contributed by atoms with E-state index in [0.717, 1.165) is 35.6 Å². The molecule has 0 bridgehead atoms. The number of rotatable bonds is 7. The van der Waals surface area contributed by atoms with E-state index in [1.54, 1.807) is 31.2 Å². The number of nitrogens with one attached hydrogen (secondary N) is 1. The maximum absolute atomic E-state index is 13.0. The van der Waals surface area contributed by atoms with Crippen molar-refractivity contribution in [3.8, 4) is 5.69 Å². The highest BCUT2D eigenvalue weighted by molar-refractivity contribution is 7.89. The number of aryl methyl sites for hydroxylation is 1. The molecule has 0 spiro atoms. The van der Waals surface area contributed by atoms with Crippen molar-refractivity contribution in [3.05, 3.63) is 81.8 Å². The third-order valence-electron chi connectivity index (χ3n) is 6.00. The minimum Gasteiger partial charge on any atom is -0.461 e. The maximum Gasteiger partial charge on any atom is 0.360 e. The van der Waals surface area contributed by atoms with Gasteiger partial charge in [-0.15, -0.1) is 0 Å². The molecule has 1 N–H and O–H groups in total. The first-order valence-corrected chi connectivity index (χ1v) is 13.4. The van der Waals surface area contributed by atoms with E-state index in [1.165, 1.54) is 28.6 Å². The highest BCUT2D eigenvalue weighted by atomic mass is 32.2. The quantitative estimate of drug-likeness (QED) is 0.470. The molecule has 1 aliphatic rings. The molecule has 0 unspecified atom stereocenters. The number of hydrogen-bond donors (Lipinski definition) is 1. The largest absolute Gasteiger partial charge is 0.461 e. The van der Waals surface area contributed by atoms with Crippen molar-refractivity contribution in [1.82, 2.24) is 14.1 Å². The number of carbonyl (C=O) groups excluding carboxylic acids is 2. The second kappa shape index (κ2) is 11.1. The van der Waals surface area contributed by atoms with E-state index in [1.807, 2.05) is 6.92 Å². The van der Waals surface area contributed by atoms with Gasteiger partial charge in [-0.1, -0.05) is 24.1 Å². The van der Waals surface area contributed by atoms with Crippen LogP contribution in [0.1, 0.15) is 52.6 Å². The molecular formula is C26H28N4O6S. The summed E-state index contributed by atoms with van der Waals surface area (Å²) in [6, 6.07) is 13.6. The second-order valence-corrected chi connectivity index (χ2v) is 10.6. The topological polar surface area (TPSA) is 128 Å². The Morgan fingerprint density at radius 1 is 1.00 bits per heavy atom. The smallest absolute Gasteiger partial charge is 0.360 e. The van der Waals surface area contributed by atoms with Crippen molar-refractivity contribution < 1.29 is 22.7 Å². The first-order chi connectivity index (χ1) is 17.7. The number of ether oxygens (including phenoxy) is 1. The van der Waals surface area contributed by atoms with Crippen LogP contribution in [0.5, 0.6) is 0 Å². The Kier molecular flexibility index (Phi) is 7.84. The number of sulfonamides is 1. The Labute approximate surface area is 214 Å². The number of aromatic nitrogens is 2. The van der Waals surface area contributed by atoms with Crippen LogP contribution < -0.4 is 10.9 Å². The molecule has 1 amide bonds. The molecule has 0 atom stereocenters. The van der Waals surface area contributed by atoms with Gasteiger partial charge in [-0.2, -0.15) is 14.1 Å². The first kappa shape index (κ1) is 26.2. The normalized spacial score (nSPS) is 14.2. The number of esters is 1. The summed E-state index contributed by atoms with van der Waals surface area (Å²) in [5, 5.41) is 6.71. The van der Waals surface area contributed by atoms with Gasteiger partial charge in [0.25, 0.3) is 11.5 Å². The monoisotopic (exact) mass is 524 g/mol. The van der Waals surface area contributed by atoms with Crippen molar-refractivity contribution >= 4 is 27.6 Å². The molecule has 2 heterocycles. The van der Waals surface area contributed by atoms with Crippen LogP contribution in [0.2, 0.25) is 0 Å². The molecule has 10 nitrogen and oxygen atoms in total. The van der Waals surface area contributed by atoms with Crippen LogP contribution in [0, 0.1) is 6.92 Å². The average Bonchev–Trinajstić information content (AvgIpc) is 2.90. The van der Waals surface area contributed by atoms with Crippen LogP contribution >= 0.6 is 0 Å². The summed E-state index contributed by atoms with van der Waals surface area (Å²) in [5.41, 5.74) is 0.678. The van der Waals surface area contributed by atoms with Crippen molar-refractivity contribution in [3.63, 3.8) is 0 Å². The summed E-state index contributed by atoms with van der Waals surface area (Å²) < 4.78 is 33.3. The highest BCUT2D eigenvalue weighted by Gasteiger charge is 2.26. The Morgan fingerprint density at radius 2 is 1.65 bits per heavy atom. The SMILES string of the molecule is CCOC(=O)c1nn(-c2ccc(C)cc2)c(=O)cc1NC(=O)c1ccc(S(=O)(=O)N2CCCCC2)cc1. The van der Waals surface area contributed by atoms with Crippen LogP contribution in [-0.4, -0.2) is 54.1 Å². The lowest BCUT2D eigenvalue weighted by molar-refractivity contribution is 0.0518. The summed E-state index contributed by atoms with van der Waals surface area (Å²) in [6.45, 7) is 4.55. The van der Waals surface area contributed by atoms with Gasteiger partial charge in [-0.3, -0.25) is 9.59 Å². The van der Waals surface area contributed by atoms with Crippen LogP contribution in [-0.2, 0) is 14.8 Å². The molecule has 1 aliphatic heterocycles. The van der Waals surface area contributed by atoms with E-state index in [-0.39, 0.29) is 28.4 Å². The molecule has 4 rings (SSSR count). The van der Waals surface area contributed by atoms with Crippen molar-refractivity contribution in [2.45, 2.75) is 38.0 Å². The Hall–Kier alpha value is -3.83. The molecule has 1 saturated heterocycles. The molecule has 0 aliphatic carbocycles. The number of carbonyl (C=O) groups is 2. The third-order valence-corrected chi connectivity index (χ3v) is 7.91. The fourth-order valence-electron chi connectivity index (χ4n) is 4.00. The van der Waals surface area contributed by atoms with E-state index >= 15 is 0 Å². The molecule has 194 valence electrons. The molecule has 1 fully saturated rings. The minimum atomic E-state index is -3.64. The number of nitrogens with zero attached hydrogens (tertiary/aromatic N) is 3. The summed E-state index contributed by atoms with van der Waals surface area (Å²) in [5.74, 6) is -1.44. The zero-order valence-corrected chi connectivity index (χ0v) is 21.5. The van der Waals surface area contributed by atoms with Gasteiger partial charge in [0, 0.05) is 24.7 Å². The standard InChI is InChI=1S/C26H28N4O6S/c1-3-36-26(33)24-22(17-23(31)30(28-24)20-11-7-18(2)8-12-20)27-25(32)19-9-13-21(14-10-19)37(34,35)29-15-5-4-6-16-29/h7-14,17H,3-6,15-16H2,1-2H3,(H,27,32). The highest BCUT2D eigenvalue weighted by Crippen LogP contribution is 2.22. The zero-order valence-electron chi connectivity index (χ0n) is 20.6. The fraction of sp³-hybridized carbons (Fsp3) is 0.308. The fourth-order valence-corrected chi connectivity index (χ4v) is 5.52. The average molecular weight is 525 g/mol. The van der Waals surface area contributed by atoms with Gasteiger partial charge in [0.15, 0.2) is 5.69 Å². The van der Waals surface area contributed by atoms with Gasteiger partial charge in [0.2, 0.25) is 10.0 Å². The lowest BCUT2D eigenvalue weighted by Gasteiger charge is -2.25. The number of anilines is 1. The van der Waals surface area contributed by atoms with Crippen LogP contribution in [0.15, 0.2) is 64.3 Å². The Balaban J connectivity index is 1.61. The predicted octanol–water partition coefficient (Wildman–Crippen LogP) is 3.14. The van der Waals surface area contributed by atoms with Gasteiger partial charge >= 0.3 is 5.97 Å². The molecule has 11 heteroatoms. The lowest BCUT2D eigenvalue weighted by atomic mass is 10.2. The maximum atomic E-state index is 13.0. The van der Waals surface area contributed by atoms with Crippen LogP contribution in [0.3, 0.4) is 0 Å². The van der Waals surface area contributed by atoms with E-state index in [9.17, 15) is 22.8 Å². The predicted molar refractivity (Wildman–Crippen MR) is 138 cm³/mol. The summed E-state index contributed by atoms with van der Waals surface area (Å²) in [7, 11) is -3.64. The van der Waals surface area contributed by atoms with E-state index in [0.29, 0.717) is 18.8 Å². The Bertz CT molecular complexity index is 1460. The minimum absolute atomic E-state index is 0.0739. The van der Waals surface area contributed by atoms with Crippen LogP contribution in [0.4, 0.5) is 5.69 Å². The summed E-state index contributed by atoms with van der Waals surface area (Å²) in [4.78, 5) is 38.5. The van der Waals surface area contributed by atoms with E-state index in [2.05, 4.69) is 10.4 Å². The lowest BCUT2D eigenvalue weighted by Crippen LogP contribution is -2.35. The van der Waals surface area contributed by atoms with E-state index < -0.39 is 27.5 Å². The summed E-state index contributed by atoms with van der Waals surface area (Å²) >= 11 is 0. The van der Waals surface area contributed by atoms with Gasteiger partial charge in [0.1, 0.15) is 0 Å².